The SMILES string of the molecule is O=CN1CC(Oc2cccnc2)C1. The summed E-state index contributed by atoms with van der Waals surface area (Å²) in [7, 11) is 0. The highest BCUT2D eigenvalue weighted by molar-refractivity contribution is 5.49. The number of amides is 1. The van der Waals surface area contributed by atoms with Gasteiger partial charge in [0.25, 0.3) is 0 Å². The van der Waals surface area contributed by atoms with Gasteiger partial charge in [-0.15, -0.1) is 0 Å². The van der Waals surface area contributed by atoms with Crippen molar-refractivity contribution < 1.29 is 9.53 Å². The fourth-order valence-corrected chi connectivity index (χ4v) is 1.24. The lowest BCUT2D eigenvalue weighted by molar-refractivity contribution is -0.126. The Labute approximate surface area is 76.1 Å². The first kappa shape index (κ1) is 8.04. The van der Waals surface area contributed by atoms with Crippen LogP contribution < -0.4 is 4.74 Å². The molecule has 0 aliphatic carbocycles. The largest absolute Gasteiger partial charge is 0.485 e. The van der Waals surface area contributed by atoms with Crippen molar-refractivity contribution in [2.75, 3.05) is 13.1 Å². The van der Waals surface area contributed by atoms with E-state index >= 15 is 0 Å². The Hall–Kier alpha value is -1.58. The van der Waals surface area contributed by atoms with Crippen molar-refractivity contribution in [3.63, 3.8) is 0 Å². The van der Waals surface area contributed by atoms with Crippen molar-refractivity contribution in [3.8, 4) is 5.75 Å². The normalized spacial score (nSPS) is 16.5. The molecule has 0 N–H and O–H groups in total. The molecule has 0 bridgehead atoms. The molecule has 1 amide bonds. The Morgan fingerprint density at radius 1 is 1.62 bits per heavy atom. The summed E-state index contributed by atoms with van der Waals surface area (Å²) >= 11 is 0. The Balaban J connectivity index is 1.84. The summed E-state index contributed by atoms with van der Waals surface area (Å²) in [6, 6.07) is 3.68. The van der Waals surface area contributed by atoms with E-state index < -0.39 is 0 Å². The fraction of sp³-hybridized carbons (Fsp3) is 0.333. The summed E-state index contributed by atoms with van der Waals surface area (Å²) < 4.78 is 5.52. The topological polar surface area (TPSA) is 42.4 Å². The van der Waals surface area contributed by atoms with Gasteiger partial charge in [-0.3, -0.25) is 9.78 Å². The summed E-state index contributed by atoms with van der Waals surface area (Å²) in [4.78, 5) is 15.8. The molecule has 1 saturated heterocycles. The third kappa shape index (κ3) is 1.77. The zero-order chi connectivity index (χ0) is 9.10. The molecule has 1 aliphatic heterocycles. The number of hydrogen-bond acceptors (Lipinski definition) is 3. The molecule has 2 heterocycles. The molecule has 2 rings (SSSR count). The van der Waals surface area contributed by atoms with Gasteiger partial charge in [0.05, 0.1) is 19.3 Å². The average molecular weight is 178 g/mol. The molecule has 4 nitrogen and oxygen atoms in total. The summed E-state index contributed by atoms with van der Waals surface area (Å²) in [5, 5.41) is 0. The summed E-state index contributed by atoms with van der Waals surface area (Å²) in [5.74, 6) is 0.762. The molecule has 1 aromatic rings. The van der Waals surface area contributed by atoms with E-state index in [0.29, 0.717) is 13.1 Å². The third-order valence-electron chi connectivity index (χ3n) is 1.96. The van der Waals surface area contributed by atoms with E-state index in [1.165, 1.54) is 0 Å². The average Bonchev–Trinajstić information content (AvgIpc) is 2.12. The van der Waals surface area contributed by atoms with Gasteiger partial charge in [0.15, 0.2) is 0 Å². The van der Waals surface area contributed by atoms with Crippen LogP contribution in [0.15, 0.2) is 24.5 Å². The van der Waals surface area contributed by atoms with Crippen LogP contribution in [0.1, 0.15) is 0 Å². The highest BCUT2D eigenvalue weighted by Crippen LogP contribution is 2.14. The maximum Gasteiger partial charge on any atom is 0.209 e. The quantitative estimate of drug-likeness (QED) is 0.625. The molecule has 0 spiro atoms. The molecule has 0 aromatic carbocycles. The number of hydrogen-bond donors (Lipinski definition) is 0. The van der Waals surface area contributed by atoms with E-state index in [1.807, 2.05) is 12.1 Å². The number of ether oxygens (including phenoxy) is 1. The molecule has 0 saturated carbocycles. The predicted molar refractivity (Wildman–Crippen MR) is 46.3 cm³/mol. The Kier molecular flexibility index (Phi) is 2.12. The van der Waals surface area contributed by atoms with Gasteiger partial charge < -0.3 is 9.64 Å². The fourth-order valence-electron chi connectivity index (χ4n) is 1.24. The van der Waals surface area contributed by atoms with E-state index in [9.17, 15) is 4.79 Å². The number of aromatic nitrogens is 1. The standard InChI is InChI=1S/C9H10N2O2/c12-7-11-5-9(6-11)13-8-2-1-3-10-4-8/h1-4,7,9H,5-6H2. The van der Waals surface area contributed by atoms with Crippen LogP contribution in [-0.4, -0.2) is 35.5 Å². The first-order chi connectivity index (χ1) is 6.38. The smallest absolute Gasteiger partial charge is 0.209 e. The van der Waals surface area contributed by atoms with E-state index in [0.717, 1.165) is 12.2 Å². The maximum absolute atomic E-state index is 10.2. The first-order valence-corrected chi connectivity index (χ1v) is 4.14. The van der Waals surface area contributed by atoms with Crippen LogP contribution in [0.3, 0.4) is 0 Å². The lowest BCUT2D eigenvalue weighted by atomic mass is 10.2. The molecule has 0 radical (unpaired) electrons. The predicted octanol–water partition coefficient (Wildman–Crippen LogP) is 0.301. The third-order valence-corrected chi connectivity index (χ3v) is 1.96. The molecular formula is C9H10N2O2. The van der Waals surface area contributed by atoms with Crippen LogP contribution in [-0.2, 0) is 4.79 Å². The van der Waals surface area contributed by atoms with Gasteiger partial charge in [-0.1, -0.05) is 0 Å². The van der Waals surface area contributed by atoms with Gasteiger partial charge in [-0.2, -0.15) is 0 Å². The zero-order valence-electron chi connectivity index (χ0n) is 7.09. The number of nitrogens with zero attached hydrogens (tertiary/aromatic N) is 2. The van der Waals surface area contributed by atoms with Crippen molar-refractivity contribution in [3.05, 3.63) is 24.5 Å². The van der Waals surface area contributed by atoms with E-state index in [-0.39, 0.29) is 6.10 Å². The highest BCUT2D eigenvalue weighted by Gasteiger charge is 2.26. The molecule has 1 aliphatic rings. The lowest BCUT2D eigenvalue weighted by Gasteiger charge is -2.35. The monoisotopic (exact) mass is 178 g/mol. The zero-order valence-corrected chi connectivity index (χ0v) is 7.09. The maximum atomic E-state index is 10.2. The second-order valence-corrected chi connectivity index (χ2v) is 2.99. The van der Waals surface area contributed by atoms with Crippen molar-refractivity contribution in [1.29, 1.82) is 0 Å². The van der Waals surface area contributed by atoms with Gasteiger partial charge in [0, 0.05) is 6.20 Å². The minimum absolute atomic E-state index is 0.134. The summed E-state index contributed by atoms with van der Waals surface area (Å²) in [5.41, 5.74) is 0. The van der Waals surface area contributed by atoms with E-state index in [1.54, 1.807) is 17.3 Å². The Morgan fingerprint density at radius 3 is 3.08 bits per heavy atom. The van der Waals surface area contributed by atoms with Crippen LogP contribution in [0.5, 0.6) is 5.75 Å². The molecule has 1 aromatic heterocycles. The second kappa shape index (κ2) is 3.43. The molecule has 13 heavy (non-hydrogen) atoms. The van der Waals surface area contributed by atoms with Crippen LogP contribution in [0, 0.1) is 0 Å². The highest BCUT2D eigenvalue weighted by atomic mass is 16.5. The van der Waals surface area contributed by atoms with Gasteiger partial charge in [-0.05, 0) is 12.1 Å². The molecule has 0 atom stereocenters. The first-order valence-electron chi connectivity index (χ1n) is 4.14. The van der Waals surface area contributed by atoms with E-state index in [4.69, 9.17) is 4.74 Å². The molecule has 68 valence electrons. The van der Waals surface area contributed by atoms with Crippen LogP contribution >= 0.6 is 0 Å². The van der Waals surface area contributed by atoms with Gasteiger partial charge in [0.2, 0.25) is 6.41 Å². The Morgan fingerprint density at radius 2 is 2.46 bits per heavy atom. The molecule has 1 fully saturated rings. The van der Waals surface area contributed by atoms with Gasteiger partial charge in [0.1, 0.15) is 11.9 Å². The van der Waals surface area contributed by atoms with Gasteiger partial charge in [-0.25, -0.2) is 0 Å². The lowest BCUT2D eigenvalue weighted by Crippen LogP contribution is -2.52. The van der Waals surface area contributed by atoms with Gasteiger partial charge >= 0.3 is 0 Å². The van der Waals surface area contributed by atoms with Crippen LogP contribution in [0.25, 0.3) is 0 Å². The van der Waals surface area contributed by atoms with E-state index in [2.05, 4.69) is 4.98 Å². The summed E-state index contributed by atoms with van der Waals surface area (Å²) in [6.07, 6.45) is 4.34. The van der Waals surface area contributed by atoms with Crippen molar-refractivity contribution in [2.24, 2.45) is 0 Å². The minimum atomic E-state index is 0.134. The number of rotatable bonds is 3. The van der Waals surface area contributed by atoms with Crippen molar-refractivity contribution >= 4 is 6.41 Å². The number of likely N-dealkylation sites (tertiary alicyclic amines) is 1. The Bertz CT molecular complexity index is 283. The van der Waals surface area contributed by atoms with Crippen LogP contribution in [0.2, 0.25) is 0 Å². The molecule has 4 heteroatoms. The second-order valence-electron chi connectivity index (χ2n) is 2.99. The van der Waals surface area contributed by atoms with Crippen LogP contribution in [0.4, 0.5) is 0 Å². The minimum Gasteiger partial charge on any atom is -0.485 e. The van der Waals surface area contributed by atoms with Crippen molar-refractivity contribution in [1.82, 2.24) is 9.88 Å². The molecular weight excluding hydrogens is 168 g/mol. The summed E-state index contributed by atoms with van der Waals surface area (Å²) in [6.45, 7) is 1.36. The molecule has 0 unspecified atom stereocenters. The number of pyridine rings is 1. The van der Waals surface area contributed by atoms with Crippen molar-refractivity contribution in [2.45, 2.75) is 6.10 Å². The number of carbonyl (C=O) groups excluding carboxylic acids is 1. The number of carbonyl (C=O) groups is 1.